The lowest BCUT2D eigenvalue weighted by molar-refractivity contribution is 0.0601. The molecule has 2 aromatic heterocycles. The lowest BCUT2D eigenvalue weighted by Gasteiger charge is -2.09. The highest BCUT2D eigenvalue weighted by Crippen LogP contribution is 2.25. The van der Waals surface area contributed by atoms with Gasteiger partial charge in [-0.05, 0) is 36.4 Å². The topological polar surface area (TPSA) is 97.3 Å². The van der Waals surface area contributed by atoms with E-state index in [9.17, 15) is 9.59 Å². The molecule has 7 nitrogen and oxygen atoms in total. The first-order valence-corrected chi connectivity index (χ1v) is 10.2. The van der Waals surface area contributed by atoms with E-state index in [1.54, 1.807) is 48.7 Å². The summed E-state index contributed by atoms with van der Waals surface area (Å²) in [5.74, 6) is -0.132. The van der Waals surface area contributed by atoms with Gasteiger partial charge in [0.25, 0.3) is 5.56 Å². The maximum atomic E-state index is 12.7. The Balaban J connectivity index is 1.70. The number of pyridine rings is 1. The number of nitrogens with zero attached hydrogens (tertiary/aromatic N) is 3. The van der Waals surface area contributed by atoms with Crippen molar-refractivity contribution in [3.63, 3.8) is 0 Å². The summed E-state index contributed by atoms with van der Waals surface area (Å²) >= 11 is 0. The summed E-state index contributed by atoms with van der Waals surface area (Å²) < 4.78 is 4.86. The Morgan fingerprint density at radius 1 is 0.939 bits per heavy atom. The molecule has 0 saturated heterocycles. The zero-order valence-corrected chi connectivity index (χ0v) is 17.6. The van der Waals surface area contributed by atoms with Crippen LogP contribution in [-0.4, -0.2) is 34.2 Å². The number of aromatic amines is 1. The number of ether oxygens (including phenoxy) is 1. The number of aliphatic imine (C=N–C) groups is 1. The highest BCUT2D eigenvalue weighted by molar-refractivity contribution is 5.99. The van der Waals surface area contributed by atoms with Crippen LogP contribution in [0.1, 0.15) is 15.9 Å². The number of carbonyl (C=O) groups excluding carboxylic acids is 1. The summed E-state index contributed by atoms with van der Waals surface area (Å²) in [6.45, 7) is 0. The first-order chi connectivity index (χ1) is 16.1. The zero-order valence-electron chi connectivity index (χ0n) is 17.6. The number of H-pyrrole nitrogens is 1. The molecule has 5 rings (SSSR count). The Kier molecular flexibility index (Phi) is 5.20. The Labute approximate surface area is 188 Å². The van der Waals surface area contributed by atoms with Crippen molar-refractivity contribution in [3.8, 4) is 11.5 Å². The van der Waals surface area contributed by atoms with Gasteiger partial charge in [0.05, 0.1) is 34.8 Å². The number of hydrogen-bond acceptors (Lipinski definition) is 6. The molecule has 0 saturated carbocycles. The van der Waals surface area contributed by atoms with E-state index in [0.29, 0.717) is 39.2 Å². The number of benzene rings is 3. The van der Waals surface area contributed by atoms with Crippen LogP contribution in [0.4, 0.5) is 5.69 Å². The zero-order chi connectivity index (χ0) is 22.8. The van der Waals surface area contributed by atoms with E-state index in [4.69, 9.17) is 9.72 Å². The van der Waals surface area contributed by atoms with Gasteiger partial charge in [0, 0.05) is 17.2 Å². The van der Waals surface area contributed by atoms with Crippen LogP contribution in [0.5, 0.6) is 0 Å². The molecule has 3 aromatic carbocycles. The van der Waals surface area contributed by atoms with Crippen LogP contribution in [0.15, 0.2) is 88.6 Å². The van der Waals surface area contributed by atoms with Gasteiger partial charge in [-0.1, -0.05) is 42.5 Å². The third-order valence-corrected chi connectivity index (χ3v) is 5.24. The number of esters is 1. The average Bonchev–Trinajstić information content (AvgIpc) is 2.86. The van der Waals surface area contributed by atoms with Crippen LogP contribution < -0.4 is 5.56 Å². The second-order valence-corrected chi connectivity index (χ2v) is 7.32. The van der Waals surface area contributed by atoms with Gasteiger partial charge in [-0.2, -0.15) is 0 Å². The smallest absolute Gasteiger partial charge is 0.340 e. The Bertz CT molecular complexity index is 1600. The minimum atomic E-state index is -0.472. The second kappa shape index (κ2) is 8.47. The molecule has 2 heterocycles. The van der Waals surface area contributed by atoms with E-state index in [0.717, 1.165) is 10.9 Å². The van der Waals surface area contributed by atoms with E-state index >= 15 is 0 Å². The van der Waals surface area contributed by atoms with E-state index in [-0.39, 0.29) is 5.56 Å². The average molecular weight is 434 g/mol. The number of aromatic nitrogens is 3. The molecule has 160 valence electrons. The molecule has 33 heavy (non-hydrogen) atoms. The van der Waals surface area contributed by atoms with Gasteiger partial charge in [-0.15, -0.1) is 0 Å². The normalized spacial score (nSPS) is 11.3. The summed E-state index contributed by atoms with van der Waals surface area (Å²) in [4.78, 5) is 41.6. The molecule has 0 amide bonds. The first kappa shape index (κ1) is 20.3. The predicted octanol–water partition coefficient (Wildman–Crippen LogP) is 4.68. The van der Waals surface area contributed by atoms with Gasteiger partial charge >= 0.3 is 5.97 Å². The van der Waals surface area contributed by atoms with Crippen LogP contribution in [0.2, 0.25) is 0 Å². The maximum absolute atomic E-state index is 12.7. The summed E-state index contributed by atoms with van der Waals surface area (Å²) in [7, 11) is 1.33. The Hall–Kier alpha value is -4.65. The molecule has 7 heteroatoms. The quantitative estimate of drug-likeness (QED) is 0.327. The lowest BCUT2D eigenvalue weighted by atomic mass is 10.1. The standard InChI is InChI=1S/C26H18N4O3/c1-33-26(32)19-10-4-6-12-21(19)27-15-17-14-16-8-2-5-11-20(16)28-23(17)24-29-22-13-7-3-9-18(22)25(31)30-24/h2-15H,1H3,(H,29,30,31). The van der Waals surface area contributed by atoms with Crippen LogP contribution in [0.25, 0.3) is 33.3 Å². The third-order valence-electron chi connectivity index (χ3n) is 5.24. The Morgan fingerprint density at radius 3 is 2.52 bits per heavy atom. The summed E-state index contributed by atoms with van der Waals surface area (Å²) in [5, 5.41) is 1.41. The van der Waals surface area contributed by atoms with E-state index in [1.165, 1.54) is 7.11 Å². The van der Waals surface area contributed by atoms with Crippen molar-refractivity contribution in [2.24, 2.45) is 4.99 Å². The molecule has 0 unspecified atom stereocenters. The number of carbonyl (C=O) groups is 1. The minimum absolute atomic E-state index is 0.246. The Morgan fingerprint density at radius 2 is 1.67 bits per heavy atom. The number of nitrogens with one attached hydrogen (secondary N) is 1. The van der Waals surface area contributed by atoms with Crippen molar-refractivity contribution < 1.29 is 9.53 Å². The molecule has 0 atom stereocenters. The van der Waals surface area contributed by atoms with Crippen LogP contribution >= 0.6 is 0 Å². The van der Waals surface area contributed by atoms with Crippen molar-refractivity contribution in [2.45, 2.75) is 0 Å². The van der Waals surface area contributed by atoms with E-state index < -0.39 is 5.97 Å². The molecule has 0 radical (unpaired) electrons. The number of hydrogen-bond donors (Lipinski definition) is 1. The maximum Gasteiger partial charge on any atom is 0.340 e. The van der Waals surface area contributed by atoms with Crippen molar-refractivity contribution >= 4 is 39.7 Å². The van der Waals surface area contributed by atoms with Crippen molar-refractivity contribution in [1.82, 2.24) is 15.0 Å². The molecule has 0 fully saturated rings. The van der Waals surface area contributed by atoms with Gasteiger partial charge < -0.3 is 9.72 Å². The molecular weight excluding hydrogens is 416 g/mol. The molecule has 1 N–H and O–H groups in total. The van der Waals surface area contributed by atoms with Crippen LogP contribution in [0.3, 0.4) is 0 Å². The summed E-state index contributed by atoms with van der Waals surface area (Å²) in [5.41, 5.74) is 3.03. The summed E-state index contributed by atoms with van der Waals surface area (Å²) in [6.07, 6.45) is 1.62. The third kappa shape index (κ3) is 3.87. The van der Waals surface area contributed by atoms with E-state index in [1.807, 2.05) is 36.4 Å². The summed E-state index contributed by atoms with van der Waals surface area (Å²) in [6, 6.07) is 23.7. The molecular formula is C26H18N4O3. The number of fused-ring (bicyclic) bond motifs is 2. The fourth-order valence-electron chi connectivity index (χ4n) is 3.63. The highest BCUT2D eigenvalue weighted by Gasteiger charge is 2.14. The predicted molar refractivity (Wildman–Crippen MR) is 128 cm³/mol. The molecule has 0 aliphatic carbocycles. The van der Waals surface area contributed by atoms with Crippen molar-refractivity contribution in [2.75, 3.05) is 7.11 Å². The number of methoxy groups -OCH3 is 1. The second-order valence-electron chi connectivity index (χ2n) is 7.32. The molecule has 0 spiro atoms. The first-order valence-electron chi connectivity index (χ1n) is 10.2. The number of rotatable bonds is 4. The van der Waals surface area contributed by atoms with Gasteiger partial charge in [-0.3, -0.25) is 9.79 Å². The van der Waals surface area contributed by atoms with Crippen molar-refractivity contribution in [3.05, 3.63) is 100 Å². The molecule has 0 aliphatic heterocycles. The van der Waals surface area contributed by atoms with E-state index in [2.05, 4.69) is 15.0 Å². The van der Waals surface area contributed by atoms with Crippen LogP contribution in [0, 0.1) is 0 Å². The monoisotopic (exact) mass is 434 g/mol. The number of para-hydroxylation sites is 3. The SMILES string of the molecule is COC(=O)c1ccccc1N=Cc1cc2ccccc2nc1-c1nc2ccccc2c(=O)[nH]1. The fraction of sp³-hybridized carbons (Fsp3) is 0.0385. The minimum Gasteiger partial charge on any atom is -0.465 e. The van der Waals surface area contributed by atoms with Gasteiger partial charge in [0.15, 0.2) is 5.82 Å². The fourth-order valence-corrected chi connectivity index (χ4v) is 3.63. The highest BCUT2D eigenvalue weighted by atomic mass is 16.5. The van der Waals surface area contributed by atoms with Gasteiger partial charge in [-0.25, -0.2) is 14.8 Å². The molecule has 0 aliphatic rings. The van der Waals surface area contributed by atoms with Gasteiger partial charge in [0.1, 0.15) is 5.69 Å². The lowest BCUT2D eigenvalue weighted by Crippen LogP contribution is -2.11. The van der Waals surface area contributed by atoms with Gasteiger partial charge in [0.2, 0.25) is 0 Å². The van der Waals surface area contributed by atoms with Crippen molar-refractivity contribution in [1.29, 1.82) is 0 Å². The molecule has 0 bridgehead atoms. The van der Waals surface area contributed by atoms with Crippen LogP contribution in [-0.2, 0) is 4.74 Å². The largest absolute Gasteiger partial charge is 0.465 e. The molecule has 5 aromatic rings.